The van der Waals surface area contributed by atoms with Crippen LogP contribution >= 0.6 is 12.4 Å². The zero-order valence-corrected chi connectivity index (χ0v) is 11.5. The first-order valence-corrected chi connectivity index (χ1v) is 5.74. The van der Waals surface area contributed by atoms with Crippen molar-refractivity contribution in [2.24, 2.45) is 11.1 Å². The zero-order valence-electron chi connectivity index (χ0n) is 10.6. The first-order chi connectivity index (χ1) is 7.47. The minimum Gasteiger partial charge on any atom is -0.338 e. The van der Waals surface area contributed by atoms with E-state index in [0.717, 1.165) is 26.1 Å². The summed E-state index contributed by atoms with van der Waals surface area (Å²) in [5, 5.41) is 3.80. The molecule has 2 N–H and O–H groups in total. The van der Waals surface area contributed by atoms with E-state index >= 15 is 0 Å². The molecule has 1 unspecified atom stereocenters. The predicted molar refractivity (Wildman–Crippen MR) is 67.9 cm³/mol. The maximum Gasteiger partial charge on any atom is 0.240 e. The van der Waals surface area contributed by atoms with Gasteiger partial charge in [0.05, 0.1) is 6.54 Å². The molecular formula is C11H21ClN4O. The van der Waals surface area contributed by atoms with Gasteiger partial charge in [-0.25, -0.2) is 0 Å². The van der Waals surface area contributed by atoms with Crippen molar-refractivity contribution in [1.29, 1.82) is 0 Å². The summed E-state index contributed by atoms with van der Waals surface area (Å²) in [7, 11) is 0. The third-order valence-electron chi connectivity index (χ3n) is 3.32. The zero-order chi connectivity index (χ0) is 11.8. The number of aryl methyl sites for hydroxylation is 1. The Labute approximate surface area is 108 Å². The average Bonchev–Trinajstić information content (AvgIpc) is 2.57. The minimum absolute atomic E-state index is 0. The lowest BCUT2D eigenvalue weighted by atomic mass is 9.80. The van der Waals surface area contributed by atoms with Gasteiger partial charge in [-0.15, -0.1) is 12.4 Å². The highest BCUT2D eigenvalue weighted by atomic mass is 35.5. The van der Waals surface area contributed by atoms with Crippen molar-refractivity contribution in [3.8, 4) is 0 Å². The van der Waals surface area contributed by atoms with E-state index in [4.69, 9.17) is 10.3 Å². The molecule has 0 saturated carbocycles. The lowest BCUT2D eigenvalue weighted by Gasteiger charge is -2.42. The highest BCUT2D eigenvalue weighted by molar-refractivity contribution is 5.85. The average molecular weight is 261 g/mol. The van der Waals surface area contributed by atoms with E-state index in [1.807, 2.05) is 6.92 Å². The second-order valence-electron chi connectivity index (χ2n) is 5.33. The van der Waals surface area contributed by atoms with Gasteiger partial charge < -0.3 is 10.3 Å². The number of likely N-dealkylation sites (tertiary alicyclic amines) is 1. The van der Waals surface area contributed by atoms with Gasteiger partial charge in [0.15, 0.2) is 5.82 Å². The van der Waals surface area contributed by atoms with Crippen LogP contribution in [0.3, 0.4) is 0 Å². The Kier molecular flexibility index (Phi) is 4.52. The molecule has 5 nitrogen and oxygen atoms in total. The van der Waals surface area contributed by atoms with Gasteiger partial charge in [0.2, 0.25) is 5.89 Å². The van der Waals surface area contributed by atoms with Gasteiger partial charge in [0, 0.05) is 19.1 Å². The first kappa shape index (κ1) is 14.4. The molecule has 0 aliphatic carbocycles. The molecule has 98 valence electrons. The summed E-state index contributed by atoms with van der Waals surface area (Å²) >= 11 is 0. The molecule has 0 spiro atoms. The summed E-state index contributed by atoms with van der Waals surface area (Å²) in [4.78, 5) is 6.55. The maximum atomic E-state index is 6.09. The number of aromatic nitrogens is 2. The topological polar surface area (TPSA) is 68.2 Å². The maximum absolute atomic E-state index is 6.09. The van der Waals surface area contributed by atoms with Crippen molar-refractivity contribution >= 4 is 12.4 Å². The summed E-state index contributed by atoms with van der Waals surface area (Å²) < 4.78 is 5.13. The Morgan fingerprint density at radius 1 is 1.53 bits per heavy atom. The van der Waals surface area contributed by atoms with Crippen LogP contribution in [0.5, 0.6) is 0 Å². The Balaban J connectivity index is 0.00000144. The van der Waals surface area contributed by atoms with E-state index in [0.29, 0.717) is 11.7 Å². The van der Waals surface area contributed by atoms with Crippen molar-refractivity contribution in [1.82, 2.24) is 15.0 Å². The summed E-state index contributed by atoms with van der Waals surface area (Å²) in [6.45, 7) is 8.98. The fourth-order valence-corrected chi connectivity index (χ4v) is 2.22. The number of hydrogen-bond acceptors (Lipinski definition) is 5. The first-order valence-electron chi connectivity index (χ1n) is 5.74. The lowest BCUT2D eigenvalue weighted by Crippen LogP contribution is -2.52. The van der Waals surface area contributed by atoms with E-state index in [9.17, 15) is 0 Å². The number of halogens is 1. The highest BCUT2D eigenvalue weighted by Crippen LogP contribution is 2.28. The number of nitrogens with zero attached hydrogens (tertiary/aromatic N) is 3. The molecule has 2 rings (SSSR count). The van der Waals surface area contributed by atoms with Crippen LogP contribution in [-0.2, 0) is 6.54 Å². The molecule has 0 aromatic carbocycles. The van der Waals surface area contributed by atoms with Crippen molar-refractivity contribution in [2.45, 2.75) is 39.8 Å². The molecule has 2 heterocycles. The molecule has 0 amide bonds. The van der Waals surface area contributed by atoms with Crippen LogP contribution in [0.2, 0.25) is 0 Å². The normalized spacial score (nSPS) is 24.4. The molecule has 1 aromatic heterocycles. The molecule has 0 radical (unpaired) electrons. The molecular weight excluding hydrogens is 240 g/mol. The largest absolute Gasteiger partial charge is 0.338 e. The fraction of sp³-hybridized carbons (Fsp3) is 0.818. The second-order valence-corrected chi connectivity index (χ2v) is 5.33. The van der Waals surface area contributed by atoms with Crippen molar-refractivity contribution in [3.05, 3.63) is 11.7 Å². The molecule has 1 saturated heterocycles. The van der Waals surface area contributed by atoms with Gasteiger partial charge in [-0.2, -0.15) is 4.98 Å². The smallest absolute Gasteiger partial charge is 0.240 e. The Bertz CT molecular complexity index is 366. The molecule has 0 bridgehead atoms. The molecule has 1 aromatic rings. The van der Waals surface area contributed by atoms with Crippen LogP contribution in [0.1, 0.15) is 32.0 Å². The Morgan fingerprint density at radius 2 is 2.24 bits per heavy atom. The molecule has 1 fully saturated rings. The molecule has 6 heteroatoms. The second kappa shape index (κ2) is 5.33. The van der Waals surface area contributed by atoms with Crippen molar-refractivity contribution < 1.29 is 4.52 Å². The van der Waals surface area contributed by atoms with Gasteiger partial charge in [-0.1, -0.05) is 19.0 Å². The standard InChI is InChI=1S/C11H20N4O.ClH/c1-8-13-10(16-14-8)6-15-5-4-9(12)11(2,3)7-15;/h9H,4-7,12H2,1-3H3;1H. The van der Waals surface area contributed by atoms with Crippen LogP contribution < -0.4 is 5.73 Å². The summed E-state index contributed by atoms with van der Waals surface area (Å²) in [5.41, 5.74) is 6.25. The number of piperidine rings is 1. The molecule has 1 atom stereocenters. The van der Waals surface area contributed by atoms with Gasteiger partial charge in [-0.05, 0) is 18.8 Å². The molecule has 1 aliphatic heterocycles. The third kappa shape index (κ3) is 3.40. The summed E-state index contributed by atoms with van der Waals surface area (Å²) in [5.74, 6) is 1.40. The Morgan fingerprint density at radius 3 is 2.76 bits per heavy atom. The van der Waals surface area contributed by atoms with Crippen LogP contribution in [0.15, 0.2) is 4.52 Å². The summed E-state index contributed by atoms with van der Waals surface area (Å²) in [6, 6.07) is 0.285. The van der Waals surface area contributed by atoms with Gasteiger partial charge in [0.25, 0.3) is 0 Å². The van der Waals surface area contributed by atoms with Crippen molar-refractivity contribution in [2.75, 3.05) is 13.1 Å². The van der Waals surface area contributed by atoms with Gasteiger partial charge in [0.1, 0.15) is 0 Å². The number of hydrogen-bond donors (Lipinski definition) is 1. The predicted octanol–water partition coefficient (Wildman–Crippen LogP) is 1.36. The highest BCUT2D eigenvalue weighted by Gasteiger charge is 2.33. The SMILES string of the molecule is Cc1noc(CN2CCC(N)C(C)(C)C2)n1.Cl. The number of rotatable bonds is 2. The number of nitrogens with two attached hydrogens (primary N) is 1. The monoisotopic (exact) mass is 260 g/mol. The van der Waals surface area contributed by atoms with E-state index < -0.39 is 0 Å². The van der Waals surface area contributed by atoms with Crippen LogP contribution in [-0.4, -0.2) is 34.2 Å². The quantitative estimate of drug-likeness (QED) is 0.870. The van der Waals surface area contributed by atoms with Gasteiger partial charge >= 0.3 is 0 Å². The van der Waals surface area contributed by atoms with E-state index in [1.54, 1.807) is 0 Å². The van der Waals surface area contributed by atoms with Crippen LogP contribution in [0, 0.1) is 12.3 Å². The van der Waals surface area contributed by atoms with E-state index in [1.165, 1.54) is 0 Å². The van der Waals surface area contributed by atoms with Crippen LogP contribution in [0.4, 0.5) is 0 Å². The molecule has 17 heavy (non-hydrogen) atoms. The molecule has 1 aliphatic rings. The fourth-order valence-electron chi connectivity index (χ4n) is 2.22. The Hall–Kier alpha value is -0.650. The van der Waals surface area contributed by atoms with Crippen molar-refractivity contribution in [3.63, 3.8) is 0 Å². The van der Waals surface area contributed by atoms with Crippen LogP contribution in [0.25, 0.3) is 0 Å². The van der Waals surface area contributed by atoms with E-state index in [-0.39, 0.29) is 23.9 Å². The minimum atomic E-state index is 0. The third-order valence-corrected chi connectivity index (χ3v) is 3.32. The summed E-state index contributed by atoms with van der Waals surface area (Å²) in [6.07, 6.45) is 1.03. The lowest BCUT2D eigenvalue weighted by molar-refractivity contribution is 0.0811. The van der Waals surface area contributed by atoms with E-state index in [2.05, 4.69) is 28.9 Å². The van der Waals surface area contributed by atoms with Gasteiger partial charge in [-0.3, -0.25) is 4.90 Å².